The third-order valence-electron chi connectivity index (χ3n) is 1.18. The molecule has 0 amide bonds. The van der Waals surface area contributed by atoms with Crippen LogP contribution in [0, 0.1) is 6.92 Å². The Balaban J connectivity index is 3.11. The number of hydrogen-bond acceptors (Lipinski definition) is 3. The van der Waals surface area contributed by atoms with Gasteiger partial charge in [0.05, 0.1) is 6.21 Å². The van der Waals surface area contributed by atoms with Crippen molar-refractivity contribution in [3.63, 3.8) is 0 Å². The molecule has 1 heterocycles. The number of aromatic nitrogens is 3. The topological polar surface area (TPSA) is 43.1 Å². The summed E-state index contributed by atoms with van der Waals surface area (Å²) in [7, 11) is 1.69. The zero-order valence-electron chi connectivity index (χ0n) is 6.65. The third kappa shape index (κ3) is 1.52. The summed E-state index contributed by atoms with van der Waals surface area (Å²) in [6.07, 6.45) is 3.23. The fourth-order valence-corrected chi connectivity index (χ4v) is 0.784. The predicted molar refractivity (Wildman–Crippen MR) is 44.7 cm³/mol. The minimum Gasteiger partial charge on any atom is -0.293 e. The van der Waals surface area contributed by atoms with E-state index in [-0.39, 0.29) is 0 Å². The molecule has 1 aromatic heterocycles. The molecule has 4 nitrogen and oxygen atoms in total. The Labute approximate surface area is 65.3 Å². The molecule has 0 aliphatic carbocycles. The van der Waals surface area contributed by atoms with Crippen LogP contribution in [-0.4, -0.2) is 28.0 Å². The molecule has 0 saturated heterocycles. The van der Waals surface area contributed by atoms with Gasteiger partial charge in [-0.2, -0.15) is 5.10 Å². The molecule has 1 aromatic rings. The molecule has 11 heavy (non-hydrogen) atoms. The second-order valence-corrected chi connectivity index (χ2v) is 2.03. The SMILES string of the molecule is C=Cn1nc(C)nc1C=NC. The lowest BCUT2D eigenvalue weighted by molar-refractivity contribution is 0.907. The highest BCUT2D eigenvalue weighted by Crippen LogP contribution is 1.94. The van der Waals surface area contributed by atoms with E-state index in [9.17, 15) is 0 Å². The standard InChI is InChI=1S/C7H10N4/c1-4-11-7(5-8-3)9-6(2)10-11/h4-5H,1H2,2-3H3. The van der Waals surface area contributed by atoms with Crippen molar-refractivity contribution in [1.82, 2.24) is 14.8 Å². The highest BCUT2D eigenvalue weighted by atomic mass is 15.3. The fourth-order valence-electron chi connectivity index (χ4n) is 0.784. The van der Waals surface area contributed by atoms with E-state index >= 15 is 0 Å². The van der Waals surface area contributed by atoms with Gasteiger partial charge in [-0.25, -0.2) is 9.67 Å². The van der Waals surface area contributed by atoms with Gasteiger partial charge in [0.1, 0.15) is 5.82 Å². The average molecular weight is 150 g/mol. The Hall–Kier alpha value is -1.45. The molecule has 0 spiro atoms. The molecule has 0 fully saturated rings. The van der Waals surface area contributed by atoms with Gasteiger partial charge in [0, 0.05) is 13.2 Å². The summed E-state index contributed by atoms with van der Waals surface area (Å²) in [5, 5.41) is 4.04. The summed E-state index contributed by atoms with van der Waals surface area (Å²) in [6.45, 7) is 5.41. The zero-order chi connectivity index (χ0) is 8.27. The molecule has 0 aliphatic rings. The number of hydrogen-bond donors (Lipinski definition) is 0. The smallest absolute Gasteiger partial charge is 0.173 e. The monoisotopic (exact) mass is 150 g/mol. The van der Waals surface area contributed by atoms with Gasteiger partial charge in [0.25, 0.3) is 0 Å². The fraction of sp³-hybridized carbons (Fsp3) is 0.286. The Morgan fingerprint density at radius 2 is 2.36 bits per heavy atom. The van der Waals surface area contributed by atoms with Crippen molar-refractivity contribution in [3.05, 3.63) is 18.2 Å². The van der Waals surface area contributed by atoms with Crippen LogP contribution in [-0.2, 0) is 0 Å². The number of rotatable bonds is 2. The van der Waals surface area contributed by atoms with Crippen molar-refractivity contribution in [2.75, 3.05) is 7.05 Å². The van der Waals surface area contributed by atoms with Crippen LogP contribution in [0.3, 0.4) is 0 Å². The van der Waals surface area contributed by atoms with Crippen molar-refractivity contribution in [2.45, 2.75) is 6.92 Å². The lowest BCUT2D eigenvalue weighted by Gasteiger charge is -1.89. The summed E-state index contributed by atoms with van der Waals surface area (Å²) in [5.74, 6) is 1.43. The van der Waals surface area contributed by atoms with E-state index in [0.29, 0.717) is 5.82 Å². The first-order valence-corrected chi connectivity index (χ1v) is 3.25. The van der Waals surface area contributed by atoms with E-state index in [1.165, 1.54) is 0 Å². The minimum absolute atomic E-state index is 0.708. The summed E-state index contributed by atoms with van der Waals surface area (Å²) in [4.78, 5) is 7.93. The summed E-state index contributed by atoms with van der Waals surface area (Å²) in [6, 6.07) is 0. The lowest BCUT2D eigenvalue weighted by atomic mass is 10.6. The lowest BCUT2D eigenvalue weighted by Crippen LogP contribution is -1.95. The third-order valence-corrected chi connectivity index (χ3v) is 1.18. The van der Waals surface area contributed by atoms with E-state index in [2.05, 4.69) is 21.7 Å². The molecular weight excluding hydrogens is 140 g/mol. The first kappa shape index (κ1) is 7.65. The largest absolute Gasteiger partial charge is 0.293 e. The maximum absolute atomic E-state index is 4.10. The van der Waals surface area contributed by atoms with Crippen LogP contribution >= 0.6 is 0 Å². The van der Waals surface area contributed by atoms with E-state index < -0.39 is 0 Å². The first-order chi connectivity index (χ1) is 5.27. The summed E-state index contributed by atoms with van der Waals surface area (Å²) in [5.41, 5.74) is 0. The molecule has 0 N–H and O–H groups in total. The first-order valence-electron chi connectivity index (χ1n) is 3.25. The Morgan fingerprint density at radius 1 is 1.64 bits per heavy atom. The van der Waals surface area contributed by atoms with Gasteiger partial charge in [-0.15, -0.1) is 0 Å². The maximum atomic E-state index is 4.10. The quantitative estimate of drug-likeness (QED) is 0.583. The van der Waals surface area contributed by atoms with Gasteiger partial charge in [0.2, 0.25) is 0 Å². The van der Waals surface area contributed by atoms with Gasteiger partial charge in [0.15, 0.2) is 5.82 Å². The maximum Gasteiger partial charge on any atom is 0.173 e. The molecule has 0 atom stereocenters. The van der Waals surface area contributed by atoms with Gasteiger partial charge < -0.3 is 0 Å². The highest BCUT2D eigenvalue weighted by molar-refractivity contribution is 5.75. The number of nitrogens with zero attached hydrogens (tertiary/aromatic N) is 4. The predicted octanol–water partition coefficient (Wildman–Crippen LogP) is 0.736. The van der Waals surface area contributed by atoms with Crippen LogP contribution in [0.5, 0.6) is 0 Å². The molecular formula is C7H10N4. The van der Waals surface area contributed by atoms with Gasteiger partial charge in [-0.3, -0.25) is 4.99 Å². The van der Waals surface area contributed by atoms with E-state index in [4.69, 9.17) is 0 Å². The van der Waals surface area contributed by atoms with Crippen LogP contribution in [0.2, 0.25) is 0 Å². The normalized spacial score (nSPS) is 10.7. The Kier molecular flexibility index (Phi) is 2.15. The molecule has 0 aliphatic heterocycles. The highest BCUT2D eigenvalue weighted by Gasteiger charge is 1.99. The van der Waals surface area contributed by atoms with Crippen molar-refractivity contribution < 1.29 is 0 Å². The van der Waals surface area contributed by atoms with Crippen LogP contribution < -0.4 is 0 Å². The molecule has 1 rings (SSSR count). The molecule has 4 heteroatoms. The summed E-state index contributed by atoms with van der Waals surface area (Å²) < 4.78 is 1.59. The molecule has 0 saturated carbocycles. The van der Waals surface area contributed by atoms with Gasteiger partial charge in [-0.1, -0.05) is 6.58 Å². The van der Waals surface area contributed by atoms with Gasteiger partial charge >= 0.3 is 0 Å². The van der Waals surface area contributed by atoms with Crippen LogP contribution in [0.4, 0.5) is 0 Å². The zero-order valence-corrected chi connectivity index (χ0v) is 6.65. The second-order valence-electron chi connectivity index (χ2n) is 2.03. The van der Waals surface area contributed by atoms with Crippen molar-refractivity contribution >= 4 is 12.4 Å². The van der Waals surface area contributed by atoms with Crippen LogP contribution in [0.25, 0.3) is 6.20 Å². The molecule has 0 aromatic carbocycles. The van der Waals surface area contributed by atoms with Crippen molar-refractivity contribution in [2.24, 2.45) is 4.99 Å². The van der Waals surface area contributed by atoms with Crippen molar-refractivity contribution in [1.29, 1.82) is 0 Å². The molecule has 58 valence electrons. The average Bonchev–Trinajstić information content (AvgIpc) is 2.32. The van der Waals surface area contributed by atoms with E-state index in [0.717, 1.165) is 5.82 Å². The molecule has 0 radical (unpaired) electrons. The van der Waals surface area contributed by atoms with E-state index in [1.54, 1.807) is 24.1 Å². The Bertz CT molecular complexity index is 285. The van der Waals surface area contributed by atoms with Crippen molar-refractivity contribution in [3.8, 4) is 0 Å². The molecule has 0 unspecified atom stereocenters. The van der Waals surface area contributed by atoms with Crippen LogP contribution in [0.1, 0.15) is 11.6 Å². The minimum atomic E-state index is 0.708. The van der Waals surface area contributed by atoms with Crippen LogP contribution in [0.15, 0.2) is 11.6 Å². The number of aliphatic imine (C=N–C) groups is 1. The number of aryl methyl sites for hydroxylation is 1. The van der Waals surface area contributed by atoms with Gasteiger partial charge in [-0.05, 0) is 6.92 Å². The Morgan fingerprint density at radius 3 is 2.91 bits per heavy atom. The van der Waals surface area contributed by atoms with E-state index in [1.807, 2.05) is 6.92 Å². The second kappa shape index (κ2) is 3.09. The summed E-state index contributed by atoms with van der Waals surface area (Å²) >= 11 is 0. The molecule has 0 bridgehead atoms.